The third-order valence-electron chi connectivity index (χ3n) is 2.14. The van der Waals surface area contributed by atoms with Crippen molar-refractivity contribution in [2.75, 3.05) is 13.1 Å². The van der Waals surface area contributed by atoms with Crippen LogP contribution in [0.3, 0.4) is 0 Å². The Hall–Kier alpha value is -0.650. The SMILES string of the molecule is C=CCN(CC(=O)O)Cc1ccc(Br)c(Br)c1. The van der Waals surface area contributed by atoms with Gasteiger partial charge in [-0.05, 0) is 49.6 Å². The Bertz CT molecular complexity index is 421. The number of nitrogens with zero attached hydrogens (tertiary/aromatic N) is 1. The fourth-order valence-corrected chi connectivity index (χ4v) is 2.13. The van der Waals surface area contributed by atoms with Crippen LogP contribution in [0.4, 0.5) is 0 Å². The quantitative estimate of drug-likeness (QED) is 0.789. The fraction of sp³-hybridized carbons (Fsp3) is 0.250. The van der Waals surface area contributed by atoms with Crippen molar-refractivity contribution in [1.29, 1.82) is 0 Å². The van der Waals surface area contributed by atoms with Crippen molar-refractivity contribution < 1.29 is 9.90 Å². The van der Waals surface area contributed by atoms with Crippen LogP contribution in [-0.2, 0) is 11.3 Å². The minimum atomic E-state index is -0.831. The van der Waals surface area contributed by atoms with Gasteiger partial charge in [-0.3, -0.25) is 9.69 Å². The summed E-state index contributed by atoms with van der Waals surface area (Å²) in [5.41, 5.74) is 1.06. The van der Waals surface area contributed by atoms with Crippen LogP contribution in [0.2, 0.25) is 0 Å². The van der Waals surface area contributed by atoms with Gasteiger partial charge in [-0.2, -0.15) is 0 Å². The molecular formula is C12H13Br2NO2. The zero-order valence-electron chi connectivity index (χ0n) is 9.20. The van der Waals surface area contributed by atoms with Crippen molar-refractivity contribution in [3.05, 3.63) is 45.4 Å². The normalized spacial score (nSPS) is 10.5. The van der Waals surface area contributed by atoms with Crippen molar-refractivity contribution >= 4 is 37.8 Å². The maximum absolute atomic E-state index is 10.7. The molecule has 0 aliphatic rings. The zero-order valence-corrected chi connectivity index (χ0v) is 12.4. The van der Waals surface area contributed by atoms with Crippen LogP contribution in [0.5, 0.6) is 0 Å². The lowest BCUT2D eigenvalue weighted by atomic mass is 10.2. The van der Waals surface area contributed by atoms with Crippen molar-refractivity contribution in [2.45, 2.75) is 6.54 Å². The standard InChI is InChI=1S/C12H13Br2NO2/c1-2-5-15(8-12(16)17)7-9-3-4-10(13)11(14)6-9/h2-4,6H,1,5,7-8H2,(H,16,17). The number of aliphatic carboxylic acids is 1. The Balaban J connectivity index is 2.74. The zero-order chi connectivity index (χ0) is 12.8. The molecule has 1 N–H and O–H groups in total. The summed E-state index contributed by atoms with van der Waals surface area (Å²) < 4.78 is 1.94. The minimum Gasteiger partial charge on any atom is -0.480 e. The third-order valence-corrected chi connectivity index (χ3v) is 4.02. The molecule has 5 heteroatoms. The average Bonchev–Trinajstić information content (AvgIpc) is 2.23. The van der Waals surface area contributed by atoms with Crippen molar-refractivity contribution in [2.24, 2.45) is 0 Å². The number of hydrogen-bond donors (Lipinski definition) is 1. The van der Waals surface area contributed by atoms with Crippen molar-refractivity contribution in [1.82, 2.24) is 4.90 Å². The number of benzene rings is 1. The third kappa shape index (κ3) is 5.02. The molecule has 1 aromatic carbocycles. The van der Waals surface area contributed by atoms with Gasteiger partial charge in [0.25, 0.3) is 0 Å². The first-order valence-corrected chi connectivity index (χ1v) is 6.60. The molecular weight excluding hydrogens is 350 g/mol. The van der Waals surface area contributed by atoms with E-state index in [1.165, 1.54) is 0 Å². The molecule has 0 amide bonds. The molecule has 17 heavy (non-hydrogen) atoms. The van der Waals surface area contributed by atoms with Crippen LogP contribution in [0.15, 0.2) is 39.8 Å². The van der Waals surface area contributed by atoms with Crippen molar-refractivity contribution in [3.63, 3.8) is 0 Å². The molecule has 0 aliphatic carbocycles. The molecule has 0 heterocycles. The van der Waals surface area contributed by atoms with E-state index in [0.29, 0.717) is 13.1 Å². The summed E-state index contributed by atoms with van der Waals surface area (Å²) in [4.78, 5) is 12.5. The molecule has 92 valence electrons. The largest absolute Gasteiger partial charge is 0.480 e. The highest BCUT2D eigenvalue weighted by Gasteiger charge is 2.09. The van der Waals surface area contributed by atoms with Gasteiger partial charge >= 0.3 is 5.97 Å². The first-order chi connectivity index (χ1) is 8.02. The molecule has 0 aliphatic heterocycles. The van der Waals surface area contributed by atoms with Gasteiger partial charge < -0.3 is 5.11 Å². The molecule has 1 aromatic rings. The van der Waals surface area contributed by atoms with Gasteiger partial charge in [-0.1, -0.05) is 12.1 Å². The van der Waals surface area contributed by atoms with Crippen LogP contribution < -0.4 is 0 Å². The second-order valence-corrected chi connectivity index (χ2v) is 5.31. The highest BCUT2D eigenvalue weighted by molar-refractivity contribution is 9.13. The van der Waals surface area contributed by atoms with Gasteiger partial charge in [-0.15, -0.1) is 6.58 Å². The molecule has 1 rings (SSSR count). The predicted molar refractivity (Wildman–Crippen MR) is 75.0 cm³/mol. The Labute approximate surface area is 117 Å². The van der Waals surface area contributed by atoms with E-state index in [9.17, 15) is 4.79 Å². The number of hydrogen-bond acceptors (Lipinski definition) is 2. The molecule has 0 spiro atoms. The summed E-state index contributed by atoms with van der Waals surface area (Å²) >= 11 is 6.82. The first kappa shape index (κ1) is 14.4. The highest BCUT2D eigenvalue weighted by atomic mass is 79.9. The molecule has 0 unspecified atom stereocenters. The lowest BCUT2D eigenvalue weighted by Crippen LogP contribution is -2.29. The first-order valence-electron chi connectivity index (χ1n) is 5.02. The molecule has 0 fully saturated rings. The second-order valence-electron chi connectivity index (χ2n) is 3.60. The Morgan fingerprint density at radius 1 is 1.41 bits per heavy atom. The molecule has 0 aromatic heterocycles. The monoisotopic (exact) mass is 361 g/mol. The Kier molecular flexibility index (Phi) is 5.88. The summed E-state index contributed by atoms with van der Waals surface area (Å²) in [5.74, 6) is -0.831. The predicted octanol–water partition coefficient (Wildman–Crippen LogP) is 3.28. The lowest BCUT2D eigenvalue weighted by molar-refractivity contribution is -0.138. The van der Waals surface area contributed by atoms with E-state index in [-0.39, 0.29) is 6.54 Å². The van der Waals surface area contributed by atoms with E-state index in [1.54, 1.807) is 6.08 Å². The van der Waals surface area contributed by atoms with E-state index in [0.717, 1.165) is 14.5 Å². The van der Waals surface area contributed by atoms with Gasteiger partial charge in [0.15, 0.2) is 0 Å². The number of carboxylic acid groups (broad SMARTS) is 1. The van der Waals surface area contributed by atoms with Crippen LogP contribution in [-0.4, -0.2) is 29.1 Å². The van der Waals surface area contributed by atoms with Gasteiger partial charge in [0.2, 0.25) is 0 Å². The smallest absolute Gasteiger partial charge is 0.317 e. The molecule has 3 nitrogen and oxygen atoms in total. The van der Waals surface area contributed by atoms with Crippen molar-refractivity contribution in [3.8, 4) is 0 Å². The number of rotatable bonds is 6. The van der Waals surface area contributed by atoms with E-state index >= 15 is 0 Å². The summed E-state index contributed by atoms with van der Waals surface area (Å²) in [7, 11) is 0. The van der Waals surface area contributed by atoms with Crippen LogP contribution >= 0.6 is 31.9 Å². The van der Waals surface area contributed by atoms with Gasteiger partial charge in [0.05, 0.1) is 6.54 Å². The fourth-order valence-electron chi connectivity index (χ4n) is 1.46. The molecule has 0 bridgehead atoms. The van der Waals surface area contributed by atoms with E-state index in [1.807, 2.05) is 23.1 Å². The molecule has 0 saturated heterocycles. The Morgan fingerprint density at radius 3 is 2.65 bits per heavy atom. The summed E-state index contributed by atoms with van der Waals surface area (Å²) in [6.07, 6.45) is 1.71. The van der Waals surface area contributed by atoms with E-state index in [4.69, 9.17) is 5.11 Å². The van der Waals surface area contributed by atoms with Crippen LogP contribution in [0.1, 0.15) is 5.56 Å². The molecule has 0 radical (unpaired) electrons. The van der Waals surface area contributed by atoms with Gasteiger partial charge in [0.1, 0.15) is 0 Å². The topological polar surface area (TPSA) is 40.5 Å². The highest BCUT2D eigenvalue weighted by Crippen LogP contribution is 2.24. The summed E-state index contributed by atoms with van der Waals surface area (Å²) in [6.45, 7) is 4.79. The summed E-state index contributed by atoms with van der Waals surface area (Å²) in [6, 6.07) is 5.88. The molecule has 0 saturated carbocycles. The lowest BCUT2D eigenvalue weighted by Gasteiger charge is -2.18. The maximum Gasteiger partial charge on any atom is 0.317 e. The van der Waals surface area contributed by atoms with Gasteiger partial charge in [0, 0.05) is 22.0 Å². The molecule has 0 atom stereocenters. The number of halogens is 2. The maximum atomic E-state index is 10.7. The van der Waals surface area contributed by atoms with E-state index < -0.39 is 5.97 Å². The summed E-state index contributed by atoms with van der Waals surface area (Å²) in [5, 5.41) is 8.79. The second kappa shape index (κ2) is 6.93. The number of carboxylic acids is 1. The Morgan fingerprint density at radius 2 is 2.12 bits per heavy atom. The average molecular weight is 363 g/mol. The van der Waals surface area contributed by atoms with Gasteiger partial charge in [-0.25, -0.2) is 0 Å². The minimum absolute atomic E-state index is 0.0136. The van der Waals surface area contributed by atoms with Crippen LogP contribution in [0, 0.1) is 0 Å². The van der Waals surface area contributed by atoms with E-state index in [2.05, 4.69) is 38.4 Å². The number of carbonyl (C=O) groups is 1. The van der Waals surface area contributed by atoms with Crippen LogP contribution in [0.25, 0.3) is 0 Å².